The molecule has 152 valence electrons. The van der Waals surface area contributed by atoms with E-state index in [1.807, 2.05) is 6.92 Å². The molecule has 10 heteroatoms. The number of carbonyl (C=O) groups excluding carboxylic acids is 1. The fourth-order valence-corrected chi connectivity index (χ4v) is 2.67. The monoisotopic (exact) mass is 389 g/mol. The van der Waals surface area contributed by atoms with E-state index in [1.54, 1.807) is 44.7 Å². The number of hydrogen-bond acceptors (Lipinski definition) is 6. The lowest BCUT2D eigenvalue weighted by Gasteiger charge is -2.40. The largest absolute Gasteiger partial charge is 0.444 e. The van der Waals surface area contributed by atoms with E-state index in [9.17, 15) is 18.0 Å². The molecule has 0 unspecified atom stereocenters. The van der Waals surface area contributed by atoms with Gasteiger partial charge in [-0.2, -0.15) is 18.2 Å². The first-order valence-electron chi connectivity index (χ1n) is 8.66. The Morgan fingerprint density at radius 1 is 1.22 bits per heavy atom. The number of halogens is 3. The molecule has 0 aliphatic carbocycles. The molecule has 0 N–H and O–H groups in total. The van der Waals surface area contributed by atoms with Crippen molar-refractivity contribution in [1.82, 2.24) is 14.9 Å². The van der Waals surface area contributed by atoms with Crippen LogP contribution in [0.25, 0.3) is 0 Å². The van der Waals surface area contributed by atoms with Gasteiger partial charge < -0.3 is 19.4 Å². The molecule has 1 aromatic rings. The average Bonchev–Trinajstić information content (AvgIpc) is 2.51. The van der Waals surface area contributed by atoms with Gasteiger partial charge in [-0.3, -0.25) is 0 Å². The summed E-state index contributed by atoms with van der Waals surface area (Å²) >= 11 is 0. The van der Waals surface area contributed by atoms with E-state index >= 15 is 0 Å². The molecule has 2 rings (SSSR count). The predicted molar refractivity (Wildman–Crippen MR) is 96.0 cm³/mol. The van der Waals surface area contributed by atoms with Gasteiger partial charge in [-0.25, -0.2) is 9.78 Å². The Morgan fingerprint density at radius 2 is 1.85 bits per heavy atom. The summed E-state index contributed by atoms with van der Waals surface area (Å²) < 4.78 is 44.9. The maximum atomic E-state index is 13.2. The SMILES string of the molecule is C[C@@H]1CN(c2nc(N(C)C)cc(C(F)(F)F)n2)CCN1C(=O)OC(C)(C)C. The van der Waals surface area contributed by atoms with Crippen LogP contribution in [0.1, 0.15) is 33.4 Å². The molecule has 1 atom stereocenters. The van der Waals surface area contributed by atoms with Crippen LogP contribution in [0.2, 0.25) is 0 Å². The number of aromatic nitrogens is 2. The van der Waals surface area contributed by atoms with Crippen molar-refractivity contribution in [3.05, 3.63) is 11.8 Å². The van der Waals surface area contributed by atoms with Crippen LogP contribution in [-0.4, -0.2) is 66.3 Å². The highest BCUT2D eigenvalue weighted by Gasteiger charge is 2.36. The zero-order valence-corrected chi connectivity index (χ0v) is 16.5. The third-order valence-corrected chi connectivity index (χ3v) is 3.99. The molecule has 0 saturated carbocycles. The van der Waals surface area contributed by atoms with E-state index in [-0.39, 0.29) is 17.8 Å². The average molecular weight is 389 g/mol. The lowest BCUT2D eigenvalue weighted by Crippen LogP contribution is -2.55. The first-order valence-corrected chi connectivity index (χ1v) is 8.66. The highest BCUT2D eigenvalue weighted by Crippen LogP contribution is 2.31. The van der Waals surface area contributed by atoms with E-state index in [4.69, 9.17) is 4.74 Å². The van der Waals surface area contributed by atoms with E-state index < -0.39 is 23.6 Å². The lowest BCUT2D eigenvalue weighted by atomic mass is 10.2. The predicted octanol–water partition coefficient (Wildman–Crippen LogP) is 3.01. The van der Waals surface area contributed by atoms with Gasteiger partial charge in [-0.05, 0) is 27.7 Å². The van der Waals surface area contributed by atoms with Gasteiger partial charge in [0.2, 0.25) is 5.95 Å². The molecule has 1 fully saturated rings. The number of alkyl halides is 3. The fourth-order valence-electron chi connectivity index (χ4n) is 2.67. The maximum absolute atomic E-state index is 13.2. The van der Waals surface area contributed by atoms with E-state index in [0.717, 1.165) is 6.07 Å². The third-order valence-electron chi connectivity index (χ3n) is 3.99. The lowest BCUT2D eigenvalue weighted by molar-refractivity contribution is -0.141. The highest BCUT2D eigenvalue weighted by molar-refractivity contribution is 5.69. The first-order chi connectivity index (χ1) is 12.3. The second kappa shape index (κ2) is 7.40. The van der Waals surface area contributed by atoms with Gasteiger partial charge >= 0.3 is 12.3 Å². The Balaban J connectivity index is 2.21. The van der Waals surface area contributed by atoms with Crippen LogP contribution in [-0.2, 0) is 10.9 Å². The quantitative estimate of drug-likeness (QED) is 0.775. The number of ether oxygens (including phenoxy) is 1. The number of carbonyl (C=O) groups is 1. The molecule has 1 aromatic heterocycles. The number of nitrogens with zero attached hydrogens (tertiary/aromatic N) is 5. The molecule has 1 aliphatic rings. The second-order valence-corrected chi connectivity index (χ2v) is 7.77. The van der Waals surface area contributed by atoms with Crippen LogP contribution in [0.15, 0.2) is 6.07 Å². The van der Waals surface area contributed by atoms with Gasteiger partial charge in [-0.1, -0.05) is 0 Å². The molecule has 7 nitrogen and oxygen atoms in total. The van der Waals surface area contributed by atoms with Gasteiger partial charge in [0.05, 0.1) is 0 Å². The Morgan fingerprint density at radius 3 is 2.33 bits per heavy atom. The smallest absolute Gasteiger partial charge is 0.433 e. The van der Waals surface area contributed by atoms with Gasteiger partial charge in [0.15, 0.2) is 5.69 Å². The summed E-state index contributed by atoms with van der Waals surface area (Å²) in [7, 11) is 3.24. The van der Waals surface area contributed by atoms with Crippen LogP contribution in [0.4, 0.5) is 29.7 Å². The molecule has 0 aromatic carbocycles. The van der Waals surface area contributed by atoms with Crippen molar-refractivity contribution in [2.75, 3.05) is 43.5 Å². The molecule has 27 heavy (non-hydrogen) atoms. The molecule has 0 bridgehead atoms. The van der Waals surface area contributed by atoms with E-state index in [0.29, 0.717) is 19.6 Å². The van der Waals surface area contributed by atoms with Gasteiger partial charge in [0.1, 0.15) is 11.4 Å². The fraction of sp³-hybridized carbons (Fsp3) is 0.706. The Hall–Kier alpha value is -2.26. The minimum Gasteiger partial charge on any atom is -0.444 e. The highest BCUT2D eigenvalue weighted by atomic mass is 19.4. The van der Waals surface area contributed by atoms with Crippen molar-refractivity contribution in [2.24, 2.45) is 0 Å². The number of amides is 1. The number of rotatable bonds is 2. The topological polar surface area (TPSA) is 61.8 Å². The van der Waals surface area contributed by atoms with Crippen molar-refractivity contribution >= 4 is 17.9 Å². The molecule has 0 spiro atoms. The molecule has 1 aliphatic heterocycles. The minimum absolute atomic E-state index is 0.00390. The zero-order valence-electron chi connectivity index (χ0n) is 16.5. The van der Waals surface area contributed by atoms with Crippen LogP contribution in [0, 0.1) is 0 Å². The summed E-state index contributed by atoms with van der Waals surface area (Å²) in [5.41, 5.74) is -1.60. The summed E-state index contributed by atoms with van der Waals surface area (Å²) in [6.45, 7) is 8.11. The van der Waals surface area contributed by atoms with Crippen molar-refractivity contribution < 1.29 is 22.7 Å². The zero-order chi connectivity index (χ0) is 20.6. The maximum Gasteiger partial charge on any atom is 0.433 e. The van der Waals surface area contributed by atoms with Crippen LogP contribution in [0.5, 0.6) is 0 Å². The van der Waals surface area contributed by atoms with Crippen molar-refractivity contribution in [3.8, 4) is 0 Å². The first kappa shape index (κ1) is 21.0. The van der Waals surface area contributed by atoms with E-state index in [2.05, 4.69) is 9.97 Å². The van der Waals surface area contributed by atoms with Gasteiger partial charge in [0.25, 0.3) is 0 Å². The van der Waals surface area contributed by atoms with Crippen molar-refractivity contribution in [3.63, 3.8) is 0 Å². The summed E-state index contributed by atoms with van der Waals surface area (Å²) in [5, 5.41) is 0. The molecule has 1 amide bonds. The summed E-state index contributed by atoms with van der Waals surface area (Å²) in [6, 6.07) is 0.665. The number of anilines is 2. The molecule has 0 radical (unpaired) electrons. The van der Waals surface area contributed by atoms with Crippen molar-refractivity contribution in [1.29, 1.82) is 0 Å². The normalized spacial score (nSPS) is 18.5. The van der Waals surface area contributed by atoms with Crippen LogP contribution < -0.4 is 9.80 Å². The van der Waals surface area contributed by atoms with Crippen molar-refractivity contribution in [2.45, 2.75) is 45.5 Å². The molecule has 2 heterocycles. The summed E-state index contributed by atoms with van der Waals surface area (Å²) in [4.78, 5) is 25.0. The van der Waals surface area contributed by atoms with Gasteiger partial charge in [0, 0.05) is 45.8 Å². The minimum atomic E-state index is -4.56. The Kier molecular flexibility index (Phi) is 5.77. The standard InChI is InChI=1S/C17H26F3N5O2/c1-11-10-24(7-8-25(11)15(26)27-16(2,3)4)14-21-12(17(18,19)20)9-13(22-14)23(5)6/h9,11H,7-8,10H2,1-6H3/t11-/m1/s1. The summed E-state index contributed by atoms with van der Waals surface area (Å²) in [5.74, 6) is 0.179. The molecular formula is C17H26F3N5O2. The summed E-state index contributed by atoms with van der Waals surface area (Å²) in [6.07, 6.45) is -5.00. The molecule has 1 saturated heterocycles. The Bertz CT molecular complexity index is 688. The third kappa shape index (κ3) is 5.36. The van der Waals surface area contributed by atoms with Crippen LogP contribution in [0.3, 0.4) is 0 Å². The molecular weight excluding hydrogens is 363 g/mol. The number of piperazine rings is 1. The Labute approximate surface area is 157 Å². The van der Waals surface area contributed by atoms with Crippen LogP contribution >= 0.6 is 0 Å². The van der Waals surface area contributed by atoms with Gasteiger partial charge in [-0.15, -0.1) is 0 Å². The number of hydrogen-bond donors (Lipinski definition) is 0. The second-order valence-electron chi connectivity index (χ2n) is 7.77. The van der Waals surface area contributed by atoms with E-state index in [1.165, 1.54) is 4.90 Å².